The molecule has 146 valence electrons. The van der Waals surface area contributed by atoms with Gasteiger partial charge in [0.25, 0.3) is 5.69 Å². The summed E-state index contributed by atoms with van der Waals surface area (Å²) < 4.78 is 0. The molecule has 1 fully saturated rings. The van der Waals surface area contributed by atoms with Crippen molar-refractivity contribution in [1.82, 2.24) is 0 Å². The van der Waals surface area contributed by atoms with Crippen molar-refractivity contribution in [2.24, 2.45) is 5.92 Å². The number of carbonyl (C=O) groups excluding carboxylic acids is 1. The van der Waals surface area contributed by atoms with Crippen LogP contribution in [-0.2, 0) is 10.2 Å². The van der Waals surface area contributed by atoms with Crippen LogP contribution in [0.4, 0.5) is 11.4 Å². The van der Waals surface area contributed by atoms with Crippen molar-refractivity contribution in [2.45, 2.75) is 11.8 Å². The van der Waals surface area contributed by atoms with Gasteiger partial charge in [-0.15, -0.1) is 0 Å². The minimum Gasteiger partial charge on any atom is -0.326 e. The molecule has 0 bridgehead atoms. The minimum atomic E-state index is -0.474. The molecule has 4 rings (SSSR count). The Morgan fingerprint density at radius 3 is 1.83 bits per heavy atom. The first kappa shape index (κ1) is 19.4. The number of amides is 1. The fourth-order valence-corrected chi connectivity index (χ4v) is 4.03. The lowest BCUT2D eigenvalue weighted by atomic mass is 9.85. The van der Waals surface area contributed by atoms with Gasteiger partial charge in [0, 0.05) is 33.3 Å². The molecule has 0 heterocycles. The fraction of sp³-hybridized carbons (Fsp3) is 0.136. The predicted molar refractivity (Wildman–Crippen MR) is 114 cm³/mol. The number of non-ortho nitro benzene ring substituents is 1. The van der Waals surface area contributed by atoms with E-state index in [1.165, 1.54) is 24.3 Å². The quantitative estimate of drug-likeness (QED) is 0.410. The lowest BCUT2D eigenvalue weighted by Gasteiger charge is -2.19. The van der Waals surface area contributed by atoms with Crippen molar-refractivity contribution in [3.8, 4) is 0 Å². The number of nitrogens with one attached hydrogen (secondary N) is 1. The summed E-state index contributed by atoms with van der Waals surface area (Å²) in [5, 5.41) is 14.9. The Morgan fingerprint density at radius 2 is 1.38 bits per heavy atom. The van der Waals surface area contributed by atoms with E-state index in [1.54, 1.807) is 0 Å². The Kier molecular flexibility index (Phi) is 5.03. The van der Waals surface area contributed by atoms with Crippen LogP contribution in [0.3, 0.4) is 0 Å². The molecule has 0 radical (unpaired) electrons. The van der Waals surface area contributed by atoms with Crippen LogP contribution in [0.1, 0.15) is 17.5 Å². The molecule has 1 saturated carbocycles. The number of hydrogen-bond acceptors (Lipinski definition) is 3. The Balaban J connectivity index is 1.62. The van der Waals surface area contributed by atoms with E-state index in [2.05, 4.69) is 5.32 Å². The Labute approximate surface area is 177 Å². The number of nitro benzene ring substituents is 1. The fourth-order valence-electron chi connectivity index (χ4n) is 3.77. The molecule has 1 aliphatic carbocycles. The molecule has 0 aliphatic heterocycles. The van der Waals surface area contributed by atoms with Crippen LogP contribution in [-0.4, -0.2) is 10.8 Å². The lowest BCUT2D eigenvalue weighted by Crippen LogP contribution is -2.22. The largest absolute Gasteiger partial charge is 0.326 e. The molecule has 7 heteroatoms. The number of anilines is 1. The van der Waals surface area contributed by atoms with Crippen LogP contribution in [0.25, 0.3) is 0 Å². The van der Waals surface area contributed by atoms with Crippen LogP contribution in [0.2, 0.25) is 10.0 Å². The smallest absolute Gasteiger partial charge is 0.269 e. The zero-order valence-corrected chi connectivity index (χ0v) is 16.7. The Hall–Kier alpha value is -2.89. The molecular formula is C22H16Cl2N2O3. The highest BCUT2D eigenvalue weighted by molar-refractivity contribution is 6.30. The molecule has 1 unspecified atom stereocenters. The number of carbonyl (C=O) groups is 1. The predicted octanol–water partition coefficient (Wildman–Crippen LogP) is 5.85. The summed E-state index contributed by atoms with van der Waals surface area (Å²) in [6, 6.07) is 20.8. The number of halogens is 2. The van der Waals surface area contributed by atoms with Crippen LogP contribution in [0, 0.1) is 16.0 Å². The van der Waals surface area contributed by atoms with Crippen LogP contribution in [0.5, 0.6) is 0 Å². The second-order valence-electron chi connectivity index (χ2n) is 7.04. The Morgan fingerprint density at radius 1 is 0.897 bits per heavy atom. The summed E-state index contributed by atoms with van der Waals surface area (Å²) in [6.45, 7) is 0. The van der Waals surface area contributed by atoms with E-state index in [9.17, 15) is 14.9 Å². The zero-order chi connectivity index (χ0) is 20.6. The van der Waals surface area contributed by atoms with E-state index in [-0.39, 0.29) is 17.5 Å². The van der Waals surface area contributed by atoms with Gasteiger partial charge in [0.15, 0.2) is 0 Å². The number of hydrogen-bond donors (Lipinski definition) is 1. The maximum Gasteiger partial charge on any atom is 0.269 e. The van der Waals surface area contributed by atoms with Crippen molar-refractivity contribution in [3.05, 3.63) is 104 Å². The van der Waals surface area contributed by atoms with Crippen LogP contribution in [0.15, 0.2) is 72.8 Å². The summed E-state index contributed by atoms with van der Waals surface area (Å²) >= 11 is 12.1. The number of rotatable bonds is 5. The summed E-state index contributed by atoms with van der Waals surface area (Å²) in [5.74, 6) is -0.413. The lowest BCUT2D eigenvalue weighted by molar-refractivity contribution is -0.384. The summed E-state index contributed by atoms with van der Waals surface area (Å²) in [6.07, 6.45) is 0.648. The maximum atomic E-state index is 13.0. The molecule has 3 aromatic carbocycles. The second-order valence-corrected chi connectivity index (χ2v) is 7.91. The van der Waals surface area contributed by atoms with Crippen LogP contribution < -0.4 is 5.32 Å². The average molecular weight is 427 g/mol. The van der Waals surface area contributed by atoms with Crippen molar-refractivity contribution in [3.63, 3.8) is 0 Å². The van der Waals surface area contributed by atoms with E-state index in [0.29, 0.717) is 22.2 Å². The molecule has 1 N–H and O–H groups in total. The molecule has 5 nitrogen and oxygen atoms in total. The summed E-state index contributed by atoms with van der Waals surface area (Å²) in [7, 11) is 0. The van der Waals surface area contributed by atoms with E-state index in [0.717, 1.165) is 11.1 Å². The van der Waals surface area contributed by atoms with Crippen molar-refractivity contribution >= 4 is 40.5 Å². The normalized spacial score (nSPS) is 16.8. The van der Waals surface area contributed by atoms with E-state index in [1.807, 2.05) is 48.5 Å². The number of nitro groups is 1. The van der Waals surface area contributed by atoms with E-state index in [4.69, 9.17) is 23.2 Å². The van der Waals surface area contributed by atoms with Gasteiger partial charge in [0.05, 0.1) is 10.8 Å². The molecule has 3 aromatic rings. The van der Waals surface area contributed by atoms with Crippen molar-refractivity contribution in [2.75, 3.05) is 5.32 Å². The SMILES string of the molecule is O=C(Nc1ccc([N+](=O)[O-])cc1)C1CC1(c1ccc(Cl)cc1)c1ccc(Cl)cc1. The van der Waals surface area contributed by atoms with Gasteiger partial charge in [-0.05, 0) is 53.9 Å². The number of benzene rings is 3. The maximum absolute atomic E-state index is 13.0. The second kappa shape index (κ2) is 7.50. The third-order valence-corrected chi connectivity index (χ3v) is 5.85. The van der Waals surface area contributed by atoms with Crippen molar-refractivity contribution in [1.29, 1.82) is 0 Å². The molecule has 0 spiro atoms. The van der Waals surface area contributed by atoms with Gasteiger partial charge >= 0.3 is 0 Å². The molecule has 1 atom stereocenters. The van der Waals surface area contributed by atoms with Gasteiger partial charge in [-0.2, -0.15) is 0 Å². The number of nitrogens with zero attached hydrogens (tertiary/aromatic N) is 1. The third kappa shape index (κ3) is 3.71. The monoisotopic (exact) mass is 426 g/mol. The highest BCUT2D eigenvalue weighted by atomic mass is 35.5. The van der Waals surface area contributed by atoms with Crippen LogP contribution >= 0.6 is 23.2 Å². The first-order valence-electron chi connectivity index (χ1n) is 8.97. The van der Waals surface area contributed by atoms with Gasteiger partial charge in [0.1, 0.15) is 0 Å². The van der Waals surface area contributed by atoms with Gasteiger partial charge in [0.2, 0.25) is 5.91 Å². The Bertz CT molecular complexity index is 1020. The molecule has 0 saturated heterocycles. The third-order valence-electron chi connectivity index (χ3n) is 5.34. The molecule has 1 amide bonds. The summed E-state index contributed by atoms with van der Waals surface area (Å²) in [5.41, 5.74) is 2.06. The standard InChI is InChI=1S/C22H16Cl2N2O3/c23-16-5-1-14(2-6-16)22(15-3-7-17(24)8-4-15)13-20(22)21(27)25-18-9-11-19(12-10-18)26(28)29/h1-12,20H,13H2,(H,25,27). The van der Waals surface area contributed by atoms with Gasteiger partial charge in [-0.25, -0.2) is 0 Å². The highest BCUT2D eigenvalue weighted by Gasteiger charge is 2.60. The first-order chi connectivity index (χ1) is 13.9. The molecular weight excluding hydrogens is 411 g/mol. The first-order valence-corrected chi connectivity index (χ1v) is 9.73. The molecule has 1 aliphatic rings. The summed E-state index contributed by atoms with van der Waals surface area (Å²) in [4.78, 5) is 23.3. The average Bonchev–Trinajstić information content (AvgIpc) is 3.46. The van der Waals surface area contributed by atoms with E-state index >= 15 is 0 Å². The highest BCUT2D eigenvalue weighted by Crippen LogP contribution is 2.59. The minimum absolute atomic E-state index is 0.0221. The zero-order valence-electron chi connectivity index (χ0n) is 15.1. The van der Waals surface area contributed by atoms with Gasteiger partial charge in [-0.3, -0.25) is 14.9 Å². The van der Waals surface area contributed by atoms with Gasteiger partial charge in [-0.1, -0.05) is 47.5 Å². The van der Waals surface area contributed by atoms with Gasteiger partial charge < -0.3 is 5.32 Å². The molecule has 29 heavy (non-hydrogen) atoms. The van der Waals surface area contributed by atoms with E-state index < -0.39 is 10.3 Å². The molecule has 0 aromatic heterocycles. The topological polar surface area (TPSA) is 72.2 Å². The van der Waals surface area contributed by atoms with Crippen molar-refractivity contribution < 1.29 is 9.72 Å².